The Morgan fingerprint density at radius 3 is 2.63 bits per heavy atom. The van der Waals surface area contributed by atoms with Gasteiger partial charge in [-0.3, -0.25) is 4.79 Å². The zero-order valence-corrected chi connectivity index (χ0v) is 11.7. The van der Waals surface area contributed by atoms with E-state index in [1.165, 1.54) is 12.8 Å². The number of benzene rings is 1. The van der Waals surface area contributed by atoms with E-state index in [0.717, 1.165) is 5.56 Å². The van der Waals surface area contributed by atoms with Crippen molar-refractivity contribution in [1.29, 1.82) is 0 Å². The number of nitrogens with one attached hydrogen (secondary N) is 1. The quantitative estimate of drug-likeness (QED) is 0.776. The molecule has 0 aliphatic heterocycles. The number of carbonyl (C=O) groups is 1. The molecular weight excluding hydrogens is 260 g/mol. The Labute approximate surface area is 118 Å². The van der Waals surface area contributed by atoms with Gasteiger partial charge in [0.05, 0.1) is 0 Å². The van der Waals surface area contributed by atoms with Crippen LogP contribution in [0.15, 0.2) is 24.3 Å². The highest BCUT2D eigenvalue weighted by Crippen LogP contribution is 2.32. The van der Waals surface area contributed by atoms with Crippen molar-refractivity contribution in [2.45, 2.75) is 25.8 Å². The van der Waals surface area contributed by atoms with Crippen LogP contribution < -0.4 is 15.8 Å². The number of carbonyl (C=O) groups excluding carboxylic acids is 1. The van der Waals surface area contributed by atoms with Crippen LogP contribution in [-0.4, -0.2) is 23.5 Å². The van der Waals surface area contributed by atoms with Crippen LogP contribution in [0.4, 0.5) is 0 Å². The molecule has 0 saturated heterocycles. The molecule has 1 unspecified atom stereocenters. The molecule has 0 bridgehead atoms. The van der Waals surface area contributed by atoms with Gasteiger partial charge in [-0.2, -0.15) is 0 Å². The van der Waals surface area contributed by atoms with Crippen molar-refractivity contribution >= 4 is 23.1 Å². The SMILES string of the molecule is CC(NC(=O)COc1ccc(C(N)=S)cc1)C1CC1. The summed E-state index contributed by atoms with van der Waals surface area (Å²) in [7, 11) is 0. The van der Waals surface area contributed by atoms with E-state index in [-0.39, 0.29) is 18.6 Å². The lowest BCUT2D eigenvalue weighted by Gasteiger charge is -2.13. The highest BCUT2D eigenvalue weighted by Gasteiger charge is 2.28. The average molecular weight is 278 g/mol. The molecule has 1 fully saturated rings. The van der Waals surface area contributed by atoms with Crippen LogP contribution in [0, 0.1) is 5.92 Å². The molecule has 1 atom stereocenters. The fraction of sp³-hybridized carbons (Fsp3) is 0.429. The van der Waals surface area contributed by atoms with Crippen molar-refractivity contribution in [1.82, 2.24) is 5.32 Å². The zero-order chi connectivity index (χ0) is 13.8. The Morgan fingerprint density at radius 1 is 1.47 bits per heavy atom. The molecule has 1 aliphatic carbocycles. The normalized spacial score (nSPS) is 15.6. The van der Waals surface area contributed by atoms with Crippen LogP contribution in [0.1, 0.15) is 25.3 Å². The van der Waals surface area contributed by atoms with Gasteiger partial charge in [-0.1, -0.05) is 12.2 Å². The maximum atomic E-state index is 11.7. The molecule has 1 amide bonds. The Bertz CT molecular complexity index is 469. The number of ether oxygens (including phenoxy) is 1. The number of hydrogen-bond acceptors (Lipinski definition) is 3. The fourth-order valence-corrected chi connectivity index (χ4v) is 2.01. The lowest BCUT2D eigenvalue weighted by molar-refractivity contribution is -0.123. The van der Waals surface area contributed by atoms with Crippen LogP contribution in [0.3, 0.4) is 0 Å². The molecule has 0 heterocycles. The molecule has 3 N–H and O–H groups in total. The van der Waals surface area contributed by atoms with Crippen molar-refractivity contribution in [3.05, 3.63) is 29.8 Å². The third-order valence-electron chi connectivity index (χ3n) is 3.23. The van der Waals surface area contributed by atoms with Gasteiger partial charge in [0.2, 0.25) is 0 Å². The first-order valence-electron chi connectivity index (χ1n) is 6.38. The van der Waals surface area contributed by atoms with E-state index in [2.05, 4.69) is 5.32 Å². The second kappa shape index (κ2) is 6.02. The van der Waals surface area contributed by atoms with Gasteiger partial charge in [-0.25, -0.2) is 0 Å². The van der Waals surface area contributed by atoms with E-state index in [4.69, 9.17) is 22.7 Å². The van der Waals surface area contributed by atoms with Gasteiger partial charge in [0.1, 0.15) is 10.7 Å². The summed E-state index contributed by atoms with van der Waals surface area (Å²) in [6.07, 6.45) is 2.42. The van der Waals surface area contributed by atoms with Crippen LogP contribution in [0.2, 0.25) is 0 Å². The van der Waals surface area contributed by atoms with Gasteiger partial charge in [-0.05, 0) is 49.9 Å². The summed E-state index contributed by atoms with van der Waals surface area (Å²) in [5, 5.41) is 2.94. The minimum Gasteiger partial charge on any atom is -0.484 e. The molecule has 2 rings (SSSR count). The van der Waals surface area contributed by atoms with Crippen LogP contribution in [0.25, 0.3) is 0 Å². The molecule has 0 spiro atoms. The van der Waals surface area contributed by atoms with Crippen molar-refractivity contribution in [2.24, 2.45) is 11.7 Å². The summed E-state index contributed by atoms with van der Waals surface area (Å²) in [6.45, 7) is 2.07. The van der Waals surface area contributed by atoms with Crippen molar-refractivity contribution in [2.75, 3.05) is 6.61 Å². The Hall–Kier alpha value is -1.62. The zero-order valence-electron chi connectivity index (χ0n) is 10.9. The van der Waals surface area contributed by atoms with Crippen molar-refractivity contribution < 1.29 is 9.53 Å². The summed E-state index contributed by atoms with van der Waals surface area (Å²) < 4.78 is 5.41. The van der Waals surface area contributed by atoms with E-state index in [0.29, 0.717) is 16.7 Å². The van der Waals surface area contributed by atoms with Gasteiger partial charge in [0.15, 0.2) is 6.61 Å². The number of hydrogen-bond donors (Lipinski definition) is 2. The Morgan fingerprint density at radius 2 is 2.11 bits per heavy atom. The predicted octanol–water partition coefficient (Wildman–Crippen LogP) is 1.61. The van der Waals surface area contributed by atoms with E-state index in [9.17, 15) is 4.79 Å². The lowest BCUT2D eigenvalue weighted by Crippen LogP contribution is -2.37. The van der Waals surface area contributed by atoms with E-state index in [1.807, 2.05) is 6.92 Å². The molecule has 1 aromatic rings. The minimum atomic E-state index is -0.0853. The fourth-order valence-electron chi connectivity index (χ4n) is 1.87. The first-order valence-corrected chi connectivity index (χ1v) is 6.79. The topological polar surface area (TPSA) is 64.3 Å². The summed E-state index contributed by atoms with van der Waals surface area (Å²) in [5.41, 5.74) is 6.29. The van der Waals surface area contributed by atoms with Crippen molar-refractivity contribution in [3.8, 4) is 5.75 Å². The largest absolute Gasteiger partial charge is 0.484 e. The predicted molar refractivity (Wildman–Crippen MR) is 78.2 cm³/mol. The highest BCUT2D eigenvalue weighted by molar-refractivity contribution is 7.80. The minimum absolute atomic E-state index is 0.0312. The molecule has 5 heteroatoms. The van der Waals surface area contributed by atoms with Crippen molar-refractivity contribution in [3.63, 3.8) is 0 Å². The van der Waals surface area contributed by atoms with Crippen LogP contribution >= 0.6 is 12.2 Å². The molecule has 1 saturated carbocycles. The lowest BCUT2D eigenvalue weighted by atomic mass is 10.2. The van der Waals surface area contributed by atoms with Gasteiger partial charge >= 0.3 is 0 Å². The molecule has 19 heavy (non-hydrogen) atoms. The molecule has 0 radical (unpaired) electrons. The number of rotatable bonds is 6. The summed E-state index contributed by atoms with van der Waals surface area (Å²) in [5.74, 6) is 1.20. The molecule has 1 aromatic carbocycles. The number of nitrogens with two attached hydrogens (primary N) is 1. The average Bonchev–Trinajstić information content (AvgIpc) is 3.21. The van der Waals surface area contributed by atoms with Crippen LogP contribution in [-0.2, 0) is 4.79 Å². The third kappa shape index (κ3) is 4.21. The molecular formula is C14H18N2O2S. The second-order valence-corrected chi connectivity index (χ2v) is 5.31. The number of thiocarbonyl (C=S) groups is 1. The Balaban J connectivity index is 1.77. The van der Waals surface area contributed by atoms with E-state index >= 15 is 0 Å². The second-order valence-electron chi connectivity index (χ2n) is 4.87. The molecule has 102 valence electrons. The van der Waals surface area contributed by atoms with Crippen LogP contribution in [0.5, 0.6) is 5.75 Å². The summed E-state index contributed by atoms with van der Waals surface area (Å²) in [4.78, 5) is 12.0. The molecule has 0 aromatic heterocycles. The maximum Gasteiger partial charge on any atom is 0.258 e. The van der Waals surface area contributed by atoms with Gasteiger partial charge < -0.3 is 15.8 Å². The highest BCUT2D eigenvalue weighted by atomic mass is 32.1. The monoisotopic (exact) mass is 278 g/mol. The van der Waals surface area contributed by atoms with Gasteiger partial charge in [-0.15, -0.1) is 0 Å². The standard InChI is InChI=1S/C14H18N2O2S/c1-9(10-2-3-10)16-13(17)8-18-12-6-4-11(5-7-12)14(15)19/h4-7,9-10H,2-3,8H2,1H3,(H2,15,19)(H,16,17). The molecule has 1 aliphatic rings. The first kappa shape index (κ1) is 13.8. The summed E-state index contributed by atoms with van der Waals surface area (Å²) in [6, 6.07) is 7.32. The molecule has 4 nitrogen and oxygen atoms in total. The first-order chi connectivity index (χ1) is 9.06. The van der Waals surface area contributed by atoms with Gasteiger partial charge in [0, 0.05) is 11.6 Å². The van der Waals surface area contributed by atoms with Gasteiger partial charge in [0.25, 0.3) is 5.91 Å². The Kier molecular flexibility index (Phi) is 4.37. The smallest absolute Gasteiger partial charge is 0.258 e. The summed E-state index contributed by atoms with van der Waals surface area (Å²) >= 11 is 4.86. The number of amides is 1. The third-order valence-corrected chi connectivity index (χ3v) is 3.46. The maximum absolute atomic E-state index is 11.7. The van der Waals surface area contributed by atoms with E-state index < -0.39 is 0 Å². The van der Waals surface area contributed by atoms with E-state index in [1.54, 1.807) is 24.3 Å².